The molecule has 0 heterocycles. The van der Waals surface area contributed by atoms with Crippen molar-refractivity contribution in [2.24, 2.45) is 0 Å². The molecule has 1 aromatic rings. The number of benzene rings is 1. The number of rotatable bonds is 4. The van der Waals surface area contributed by atoms with Gasteiger partial charge in [-0.15, -0.1) is 0 Å². The summed E-state index contributed by atoms with van der Waals surface area (Å²) in [4.78, 5) is 10.8. The molecule has 0 unspecified atom stereocenters. The van der Waals surface area contributed by atoms with Gasteiger partial charge in [-0.3, -0.25) is 4.31 Å². The van der Waals surface area contributed by atoms with Crippen molar-refractivity contribution in [3.63, 3.8) is 0 Å². The first-order chi connectivity index (χ1) is 7.73. The molecule has 94 valence electrons. The van der Waals surface area contributed by atoms with Gasteiger partial charge in [0, 0.05) is 0 Å². The number of aliphatic carboxylic acids is 1. The molecule has 0 aliphatic heterocycles. The van der Waals surface area contributed by atoms with E-state index in [-0.39, 0.29) is 0 Å². The topological polar surface area (TPSA) is 77.5 Å². The van der Waals surface area contributed by atoms with E-state index in [9.17, 15) is 18.3 Å². The molecule has 0 amide bonds. The van der Waals surface area contributed by atoms with Gasteiger partial charge in [0.15, 0.2) is 0 Å². The molecule has 0 bridgehead atoms. The monoisotopic (exact) mass is 256 g/mol. The normalized spacial score (nSPS) is 13.1. The zero-order valence-corrected chi connectivity index (χ0v) is 10.7. The summed E-state index contributed by atoms with van der Waals surface area (Å²) in [5.41, 5.74) is 1.28. The highest BCUT2D eigenvalue weighted by Crippen LogP contribution is 2.20. The van der Waals surface area contributed by atoms with Gasteiger partial charge in [0.1, 0.15) is 0 Å². The molecule has 0 saturated carbocycles. The van der Waals surface area contributed by atoms with E-state index in [0.29, 0.717) is 5.69 Å². The van der Waals surface area contributed by atoms with E-state index in [2.05, 4.69) is 0 Å². The molecule has 6 heteroatoms. The third-order valence-corrected chi connectivity index (χ3v) is 3.58. The maximum Gasteiger partial charge on any atom is 0.232 e. The molecule has 0 aliphatic rings. The highest BCUT2D eigenvalue weighted by molar-refractivity contribution is 7.92. The Kier molecular flexibility index (Phi) is 3.77. The maximum atomic E-state index is 11.6. The number of hydrogen-bond acceptors (Lipinski definition) is 4. The molecule has 0 aliphatic carbocycles. The summed E-state index contributed by atoms with van der Waals surface area (Å²) >= 11 is 0. The fraction of sp³-hybridized carbons (Fsp3) is 0.364. The van der Waals surface area contributed by atoms with Gasteiger partial charge < -0.3 is 9.90 Å². The van der Waals surface area contributed by atoms with Crippen LogP contribution in [0.1, 0.15) is 12.5 Å². The minimum Gasteiger partial charge on any atom is -0.548 e. The number of carbonyl (C=O) groups is 1. The van der Waals surface area contributed by atoms with Crippen molar-refractivity contribution in [1.82, 2.24) is 0 Å². The molecule has 0 radical (unpaired) electrons. The summed E-state index contributed by atoms with van der Waals surface area (Å²) in [6.45, 7) is 3.13. The lowest BCUT2D eigenvalue weighted by atomic mass is 10.2. The van der Waals surface area contributed by atoms with Crippen LogP contribution < -0.4 is 9.41 Å². The number of anilines is 1. The van der Waals surface area contributed by atoms with Crippen molar-refractivity contribution < 1.29 is 18.3 Å². The molecule has 1 rings (SSSR count). The van der Waals surface area contributed by atoms with Gasteiger partial charge in [-0.05, 0) is 26.0 Å². The van der Waals surface area contributed by atoms with Gasteiger partial charge in [0.05, 0.1) is 24.0 Å². The van der Waals surface area contributed by atoms with E-state index in [1.54, 1.807) is 24.3 Å². The minimum absolute atomic E-state index is 0.315. The first-order valence-corrected chi connectivity index (χ1v) is 6.85. The first-order valence-electron chi connectivity index (χ1n) is 5.00. The summed E-state index contributed by atoms with van der Waals surface area (Å²) in [6.07, 6.45) is 0.965. The lowest BCUT2D eigenvalue weighted by Gasteiger charge is -2.29. The Morgan fingerprint density at radius 1 is 1.29 bits per heavy atom. The van der Waals surface area contributed by atoms with E-state index in [0.717, 1.165) is 16.1 Å². The lowest BCUT2D eigenvalue weighted by molar-refractivity contribution is -0.306. The third kappa shape index (κ3) is 3.20. The molecule has 0 fully saturated rings. The van der Waals surface area contributed by atoms with Gasteiger partial charge in [0.25, 0.3) is 0 Å². The number of sulfonamides is 1. The average molecular weight is 256 g/mol. The Morgan fingerprint density at radius 3 is 2.12 bits per heavy atom. The summed E-state index contributed by atoms with van der Waals surface area (Å²) < 4.78 is 24.0. The average Bonchev–Trinajstić information content (AvgIpc) is 2.19. The number of carboxylic acid groups (broad SMARTS) is 1. The molecular weight excluding hydrogens is 242 g/mol. The van der Waals surface area contributed by atoms with Crippen molar-refractivity contribution in [3.05, 3.63) is 29.8 Å². The number of aryl methyl sites for hydroxylation is 1. The molecule has 0 aromatic heterocycles. The summed E-state index contributed by atoms with van der Waals surface area (Å²) in [5.74, 6) is -1.43. The third-order valence-electron chi connectivity index (χ3n) is 2.34. The summed E-state index contributed by atoms with van der Waals surface area (Å²) in [5, 5.41) is 10.8. The number of nitrogens with zero attached hydrogens (tertiary/aromatic N) is 1. The predicted octanol–water partition coefficient (Wildman–Crippen LogP) is -0.101. The van der Waals surface area contributed by atoms with Crippen LogP contribution in [0.25, 0.3) is 0 Å². The smallest absolute Gasteiger partial charge is 0.232 e. The molecule has 0 spiro atoms. The minimum atomic E-state index is -3.66. The number of hydrogen-bond donors (Lipinski definition) is 0. The maximum absolute atomic E-state index is 11.6. The molecule has 5 nitrogen and oxygen atoms in total. The van der Waals surface area contributed by atoms with Crippen LogP contribution >= 0.6 is 0 Å². The van der Waals surface area contributed by atoms with Gasteiger partial charge in [-0.25, -0.2) is 8.42 Å². The van der Waals surface area contributed by atoms with Gasteiger partial charge in [0.2, 0.25) is 10.0 Å². The van der Waals surface area contributed by atoms with Crippen molar-refractivity contribution in [2.75, 3.05) is 10.6 Å². The Balaban J connectivity index is 3.25. The van der Waals surface area contributed by atoms with E-state index < -0.39 is 22.0 Å². The van der Waals surface area contributed by atoms with Crippen LogP contribution in [-0.4, -0.2) is 26.7 Å². The number of carbonyl (C=O) groups excluding carboxylic acids is 1. The van der Waals surface area contributed by atoms with Crippen molar-refractivity contribution >= 4 is 21.7 Å². The summed E-state index contributed by atoms with van der Waals surface area (Å²) in [6, 6.07) is 5.32. The molecule has 0 saturated heterocycles. The van der Waals surface area contributed by atoms with E-state index in [1.807, 2.05) is 6.92 Å². The largest absolute Gasteiger partial charge is 0.548 e. The quantitative estimate of drug-likeness (QED) is 0.753. The highest BCUT2D eigenvalue weighted by atomic mass is 32.2. The Labute approximate surface area is 101 Å². The van der Waals surface area contributed by atoms with Crippen LogP contribution in [0, 0.1) is 6.92 Å². The number of carboxylic acids is 1. The van der Waals surface area contributed by atoms with Crippen LogP contribution in [0.5, 0.6) is 0 Å². The van der Waals surface area contributed by atoms with E-state index in [1.165, 1.54) is 6.92 Å². The molecule has 0 N–H and O–H groups in total. The van der Waals surface area contributed by atoms with Crippen molar-refractivity contribution in [3.8, 4) is 0 Å². The zero-order chi connectivity index (χ0) is 13.2. The Bertz CT molecular complexity index is 507. The van der Waals surface area contributed by atoms with Crippen molar-refractivity contribution in [2.45, 2.75) is 19.9 Å². The fourth-order valence-corrected chi connectivity index (χ4v) is 2.65. The van der Waals surface area contributed by atoms with Crippen LogP contribution in [0.3, 0.4) is 0 Å². The van der Waals surface area contributed by atoms with Crippen LogP contribution in [0.4, 0.5) is 5.69 Å². The fourth-order valence-electron chi connectivity index (χ4n) is 1.49. The zero-order valence-electron chi connectivity index (χ0n) is 9.88. The van der Waals surface area contributed by atoms with E-state index >= 15 is 0 Å². The second-order valence-corrected chi connectivity index (χ2v) is 5.75. The second kappa shape index (κ2) is 4.75. The van der Waals surface area contributed by atoms with Crippen LogP contribution in [0.2, 0.25) is 0 Å². The van der Waals surface area contributed by atoms with Gasteiger partial charge in [-0.2, -0.15) is 0 Å². The Morgan fingerprint density at radius 2 is 1.76 bits per heavy atom. The van der Waals surface area contributed by atoms with Gasteiger partial charge >= 0.3 is 0 Å². The second-order valence-electron chi connectivity index (χ2n) is 3.89. The van der Waals surface area contributed by atoms with Crippen LogP contribution in [0.15, 0.2) is 24.3 Å². The molecule has 1 aromatic carbocycles. The SMILES string of the molecule is Cc1ccc(N([C@H](C)C(=O)[O-])S(C)(=O)=O)cc1. The first kappa shape index (κ1) is 13.5. The van der Waals surface area contributed by atoms with Gasteiger partial charge in [-0.1, -0.05) is 17.7 Å². The Hall–Kier alpha value is -1.56. The van der Waals surface area contributed by atoms with Crippen LogP contribution in [-0.2, 0) is 14.8 Å². The lowest BCUT2D eigenvalue weighted by Crippen LogP contribution is -2.48. The highest BCUT2D eigenvalue weighted by Gasteiger charge is 2.24. The molecule has 1 atom stereocenters. The molecular formula is C11H14NO4S-. The van der Waals surface area contributed by atoms with E-state index in [4.69, 9.17) is 0 Å². The standard InChI is InChI=1S/C11H15NO4S/c1-8-4-6-10(7-5-8)12(17(3,15)16)9(2)11(13)14/h4-7,9H,1-3H3,(H,13,14)/p-1/t9-/m1/s1. The van der Waals surface area contributed by atoms with Crippen molar-refractivity contribution in [1.29, 1.82) is 0 Å². The molecule has 17 heavy (non-hydrogen) atoms. The summed E-state index contributed by atoms with van der Waals surface area (Å²) in [7, 11) is -3.66. The predicted molar refractivity (Wildman–Crippen MR) is 63.0 cm³/mol.